The van der Waals surface area contributed by atoms with Crippen molar-refractivity contribution in [1.82, 2.24) is 0 Å². The molecule has 0 nitrogen and oxygen atoms in total. The van der Waals surface area contributed by atoms with Crippen LogP contribution in [0.1, 0.15) is 11.1 Å². The molecular weight excluding hydrogens is 259 g/mol. The van der Waals surface area contributed by atoms with E-state index >= 15 is 0 Å². The van der Waals surface area contributed by atoms with Crippen LogP contribution in [0.5, 0.6) is 0 Å². The second-order valence-electron chi connectivity index (χ2n) is 3.38. The van der Waals surface area contributed by atoms with Crippen molar-refractivity contribution in [3.63, 3.8) is 0 Å². The van der Waals surface area contributed by atoms with Gasteiger partial charge in [-0.3, -0.25) is 0 Å². The predicted molar refractivity (Wildman–Crippen MR) is 66.3 cm³/mol. The van der Waals surface area contributed by atoms with Crippen molar-refractivity contribution in [1.29, 1.82) is 0 Å². The summed E-state index contributed by atoms with van der Waals surface area (Å²) in [6.45, 7) is 2.10. The van der Waals surface area contributed by atoms with E-state index in [1.54, 1.807) is 0 Å². The highest BCUT2D eigenvalue weighted by atomic mass is 79.9. The van der Waals surface area contributed by atoms with Crippen LogP contribution in [0.4, 0.5) is 0 Å². The van der Waals surface area contributed by atoms with E-state index in [2.05, 4.69) is 41.1 Å². The molecule has 0 aliphatic heterocycles. The summed E-state index contributed by atoms with van der Waals surface area (Å²) >= 11 is 9.61. The van der Waals surface area contributed by atoms with Crippen molar-refractivity contribution in [3.05, 3.63) is 46.5 Å². The number of hydrogen-bond acceptors (Lipinski definition) is 0. The number of rotatable bonds is 1. The minimum absolute atomic E-state index is 0.834. The quantitative estimate of drug-likeness (QED) is 0.659. The van der Waals surface area contributed by atoms with Gasteiger partial charge in [0.1, 0.15) is 0 Å². The summed E-state index contributed by atoms with van der Waals surface area (Å²) in [5, 5.41) is 4.10. The van der Waals surface area contributed by atoms with E-state index < -0.39 is 0 Å². The van der Waals surface area contributed by atoms with Crippen LogP contribution < -0.4 is 0 Å². The second kappa shape index (κ2) is 3.92. The highest BCUT2D eigenvalue weighted by molar-refractivity contribution is 9.08. The van der Waals surface area contributed by atoms with Gasteiger partial charge >= 0.3 is 0 Å². The molecule has 0 heterocycles. The first-order valence-corrected chi connectivity index (χ1v) is 5.96. The van der Waals surface area contributed by atoms with Crippen molar-refractivity contribution >= 4 is 38.3 Å². The summed E-state index contributed by atoms with van der Waals surface area (Å²) in [5.74, 6) is 0. The van der Waals surface area contributed by atoms with Crippen molar-refractivity contribution in [2.75, 3.05) is 0 Å². The smallest absolute Gasteiger partial charge is 0.0487 e. The van der Waals surface area contributed by atoms with Gasteiger partial charge in [-0.2, -0.15) is 0 Å². The average Bonchev–Trinajstić information content (AvgIpc) is 2.17. The molecule has 72 valence electrons. The normalized spacial score (nSPS) is 10.8. The summed E-state index contributed by atoms with van der Waals surface area (Å²) < 4.78 is 0. The SMILES string of the molecule is Cc1cc(CBr)cc2cccc(Cl)c12. The summed E-state index contributed by atoms with van der Waals surface area (Å²) in [6.07, 6.45) is 0. The van der Waals surface area contributed by atoms with E-state index in [0.717, 1.165) is 10.4 Å². The molecule has 2 heteroatoms. The van der Waals surface area contributed by atoms with E-state index in [9.17, 15) is 0 Å². The lowest BCUT2D eigenvalue weighted by Gasteiger charge is -2.06. The van der Waals surface area contributed by atoms with Gasteiger partial charge in [0, 0.05) is 15.7 Å². The molecule has 0 radical (unpaired) electrons. The highest BCUT2D eigenvalue weighted by Crippen LogP contribution is 2.28. The number of hydrogen-bond donors (Lipinski definition) is 0. The molecule has 0 atom stereocenters. The maximum absolute atomic E-state index is 6.15. The number of fused-ring (bicyclic) bond motifs is 1. The topological polar surface area (TPSA) is 0 Å². The van der Waals surface area contributed by atoms with Gasteiger partial charge in [-0.25, -0.2) is 0 Å². The number of benzene rings is 2. The largest absolute Gasteiger partial charge is 0.0876 e. The fourth-order valence-corrected chi connectivity index (χ4v) is 2.40. The standard InChI is InChI=1S/C12H10BrCl/c1-8-5-9(7-13)6-10-3-2-4-11(14)12(8)10/h2-6H,7H2,1H3. The summed E-state index contributed by atoms with van der Waals surface area (Å²) in [7, 11) is 0. The van der Waals surface area contributed by atoms with Gasteiger partial charge < -0.3 is 0 Å². The Balaban J connectivity index is 2.83. The maximum atomic E-state index is 6.15. The van der Waals surface area contributed by atoms with Crippen molar-refractivity contribution in [2.24, 2.45) is 0 Å². The molecule has 0 aliphatic carbocycles. The molecule has 0 saturated heterocycles. The van der Waals surface area contributed by atoms with Gasteiger partial charge in [0.15, 0.2) is 0 Å². The summed E-state index contributed by atoms with van der Waals surface area (Å²) in [6, 6.07) is 10.4. The fourth-order valence-electron chi connectivity index (χ4n) is 1.75. The molecule has 0 saturated carbocycles. The van der Waals surface area contributed by atoms with E-state index in [1.807, 2.05) is 12.1 Å². The first-order chi connectivity index (χ1) is 6.72. The lowest BCUT2D eigenvalue weighted by atomic mass is 10.0. The Morgan fingerprint density at radius 3 is 2.79 bits per heavy atom. The van der Waals surface area contributed by atoms with Crippen LogP contribution in [0.25, 0.3) is 10.8 Å². The molecule has 0 aromatic heterocycles. The van der Waals surface area contributed by atoms with Crippen LogP contribution in [0.2, 0.25) is 5.02 Å². The molecule has 0 amide bonds. The first-order valence-electron chi connectivity index (χ1n) is 4.46. The molecular formula is C12H10BrCl. The number of halogens is 2. The van der Waals surface area contributed by atoms with Crippen LogP contribution in [-0.2, 0) is 5.33 Å². The van der Waals surface area contributed by atoms with Crippen LogP contribution in [0, 0.1) is 6.92 Å². The van der Waals surface area contributed by atoms with Crippen LogP contribution in [0.15, 0.2) is 30.3 Å². The zero-order valence-electron chi connectivity index (χ0n) is 7.85. The third-order valence-corrected chi connectivity index (χ3v) is 3.30. The molecule has 2 aromatic carbocycles. The van der Waals surface area contributed by atoms with Crippen molar-refractivity contribution in [2.45, 2.75) is 12.3 Å². The number of alkyl halides is 1. The van der Waals surface area contributed by atoms with Gasteiger partial charge in [-0.1, -0.05) is 51.8 Å². The molecule has 0 bridgehead atoms. The average molecular weight is 270 g/mol. The Kier molecular flexibility index (Phi) is 2.80. The molecule has 14 heavy (non-hydrogen) atoms. The van der Waals surface area contributed by atoms with Crippen LogP contribution in [0.3, 0.4) is 0 Å². The van der Waals surface area contributed by atoms with Crippen molar-refractivity contribution in [3.8, 4) is 0 Å². The zero-order chi connectivity index (χ0) is 10.1. The van der Waals surface area contributed by atoms with Crippen LogP contribution >= 0.6 is 27.5 Å². The Hall–Kier alpha value is -0.530. The van der Waals surface area contributed by atoms with E-state index in [0.29, 0.717) is 0 Å². The highest BCUT2D eigenvalue weighted by Gasteiger charge is 2.03. The Morgan fingerprint density at radius 2 is 2.07 bits per heavy atom. The van der Waals surface area contributed by atoms with Gasteiger partial charge in [-0.05, 0) is 29.5 Å². The third-order valence-electron chi connectivity index (χ3n) is 2.34. The molecule has 0 N–H and O–H groups in total. The number of aryl methyl sites for hydroxylation is 1. The Bertz CT molecular complexity index is 477. The molecule has 0 fully saturated rings. The monoisotopic (exact) mass is 268 g/mol. The van der Waals surface area contributed by atoms with Crippen LogP contribution in [-0.4, -0.2) is 0 Å². The second-order valence-corrected chi connectivity index (χ2v) is 4.35. The lowest BCUT2D eigenvalue weighted by molar-refractivity contribution is 1.41. The summed E-state index contributed by atoms with van der Waals surface area (Å²) in [5.41, 5.74) is 2.53. The van der Waals surface area contributed by atoms with Gasteiger partial charge in [-0.15, -0.1) is 0 Å². The van der Waals surface area contributed by atoms with Gasteiger partial charge in [0.05, 0.1) is 0 Å². The van der Waals surface area contributed by atoms with Crippen molar-refractivity contribution < 1.29 is 0 Å². The Morgan fingerprint density at radius 1 is 1.29 bits per heavy atom. The van der Waals surface area contributed by atoms with E-state index in [-0.39, 0.29) is 0 Å². The minimum atomic E-state index is 0.834. The lowest BCUT2D eigenvalue weighted by Crippen LogP contribution is -1.84. The minimum Gasteiger partial charge on any atom is -0.0876 e. The van der Waals surface area contributed by atoms with Gasteiger partial charge in [0.25, 0.3) is 0 Å². The predicted octanol–water partition coefficient (Wildman–Crippen LogP) is 4.70. The molecule has 0 spiro atoms. The molecule has 2 rings (SSSR count). The summed E-state index contributed by atoms with van der Waals surface area (Å²) in [4.78, 5) is 0. The van der Waals surface area contributed by atoms with Gasteiger partial charge in [0.2, 0.25) is 0 Å². The fraction of sp³-hybridized carbons (Fsp3) is 0.167. The Labute approximate surface area is 97.0 Å². The van der Waals surface area contributed by atoms with E-state index in [4.69, 9.17) is 11.6 Å². The molecule has 0 unspecified atom stereocenters. The zero-order valence-corrected chi connectivity index (χ0v) is 10.2. The van der Waals surface area contributed by atoms with E-state index in [1.165, 1.54) is 21.9 Å². The maximum Gasteiger partial charge on any atom is 0.0487 e. The molecule has 2 aromatic rings. The third kappa shape index (κ3) is 1.67. The first kappa shape index (κ1) is 10.0. The molecule has 0 aliphatic rings.